The number of ether oxygens (including phenoxy) is 1. The Morgan fingerprint density at radius 3 is 2.43 bits per heavy atom. The molecular weight excluding hydrogens is 266 g/mol. The number of hydrogen-bond acceptors (Lipinski definition) is 3. The van der Waals surface area contributed by atoms with E-state index in [-0.39, 0.29) is 18.3 Å². The Bertz CT molecular complexity index is 491. The molecule has 1 aromatic carbocycles. The van der Waals surface area contributed by atoms with Crippen molar-refractivity contribution in [3.8, 4) is 0 Å². The first-order valence-electron chi connectivity index (χ1n) is 7.17. The van der Waals surface area contributed by atoms with Crippen LogP contribution < -0.4 is 0 Å². The highest BCUT2D eigenvalue weighted by Crippen LogP contribution is 2.06. The van der Waals surface area contributed by atoms with Gasteiger partial charge in [-0.15, -0.1) is 0 Å². The predicted molar refractivity (Wildman–Crippen MR) is 83.7 cm³/mol. The van der Waals surface area contributed by atoms with E-state index in [0.29, 0.717) is 13.1 Å². The number of benzene rings is 1. The zero-order valence-electron chi connectivity index (χ0n) is 13.0. The molecule has 0 aliphatic heterocycles. The maximum Gasteiger partial charge on any atom is 0.307 e. The van der Waals surface area contributed by atoms with Gasteiger partial charge in [0.15, 0.2) is 0 Å². The van der Waals surface area contributed by atoms with E-state index in [0.717, 1.165) is 12.0 Å². The quantitative estimate of drug-likeness (QED) is 0.573. The van der Waals surface area contributed by atoms with Crippen LogP contribution in [0, 0.1) is 6.92 Å². The zero-order valence-corrected chi connectivity index (χ0v) is 13.0. The summed E-state index contributed by atoms with van der Waals surface area (Å²) < 4.78 is 4.60. The molecule has 1 rings (SSSR count). The summed E-state index contributed by atoms with van der Waals surface area (Å²) in [4.78, 5) is 25.0. The summed E-state index contributed by atoms with van der Waals surface area (Å²) in [5, 5.41) is 0. The van der Waals surface area contributed by atoms with Gasteiger partial charge in [0.1, 0.15) is 0 Å². The molecule has 0 spiro atoms. The first-order valence-corrected chi connectivity index (χ1v) is 7.17. The molecule has 21 heavy (non-hydrogen) atoms. The Morgan fingerprint density at radius 1 is 1.19 bits per heavy atom. The summed E-state index contributed by atoms with van der Waals surface area (Å²) in [5.41, 5.74) is 2.17. The zero-order chi connectivity index (χ0) is 15.7. The second-order valence-corrected chi connectivity index (χ2v) is 4.90. The number of methoxy groups -OCH3 is 1. The number of nitrogens with zero attached hydrogens (tertiary/aromatic N) is 1. The van der Waals surface area contributed by atoms with E-state index in [2.05, 4.69) is 4.74 Å². The molecule has 0 N–H and O–H groups in total. The van der Waals surface area contributed by atoms with Crippen LogP contribution in [0.25, 0.3) is 6.08 Å². The van der Waals surface area contributed by atoms with Crippen molar-refractivity contribution in [3.63, 3.8) is 0 Å². The Morgan fingerprint density at radius 2 is 1.86 bits per heavy atom. The van der Waals surface area contributed by atoms with Crippen molar-refractivity contribution in [2.24, 2.45) is 0 Å². The molecule has 0 saturated carbocycles. The van der Waals surface area contributed by atoms with E-state index in [9.17, 15) is 9.59 Å². The molecule has 0 saturated heterocycles. The highest BCUT2D eigenvalue weighted by molar-refractivity contribution is 5.92. The highest BCUT2D eigenvalue weighted by Gasteiger charge is 2.11. The first kappa shape index (κ1) is 17.0. The van der Waals surface area contributed by atoms with Crippen LogP contribution in [0.5, 0.6) is 0 Å². The van der Waals surface area contributed by atoms with Gasteiger partial charge in [0.05, 0.1) is 13.5 Å². The van der Waals surface area contributed by atoms with Crippen LogP contribution in [0.1, 0.15) is 30.9 Å². The largest absolute Gasteiger partial charge is 0.469 e. The molecule has 0 atom stereocenters. The van der Waals surface area contributed by atoms with Crippen LogP contribution in [0.15, 0.2) is 30.3 Å². The second kappa shape index (κ2) is 8.95. The third kappa shape index (κ3) is 6.25. The molecule has 0 heterocycles. The Labute approximate surface area is 126 Å². The van der Waals surface area contributed by atoms with Gasteiger partial charge in [-0.2, -0.15) is 0 Å². The van der Waals surface area contributed by atoms with E-state index < -0.39 is 0 Å². The van der Waals surface area contributed by atoms with Crippen molar-refractivity contribution in [1.82, 2.24) is 4.90 Å². The van der Waals surface area contributed by atoms with Gasteiger partial charge in [0.2, 0.25) is 5.91 Å². The Balaban J connectivity index is 2.63. The fraction of sp³-hybridized carbons (Fsp3) is 0.412. The smallest absolute Gasteiger partial charge is 0.307 e. The third-order valence-corrected chi connectivity index (χ3v) is 3.11. The minimum absolute atomic E-state index is 0.0821. The first-order chi connectivity index (χ1) is 10.1. The highest BCUT2D eigenvalue weighted by atomic mass is 16.5. The predicted octanol–water partition coefficient (Wildman–Crippen LogP) is 2.81. The monoisotopic (exact) mass is 289 g/mol. The van der Waals surface area contributed by atoms with Gasteiger partial charge >= 0.3 is 5.97 Å². The van der Waals surface area contributed by atoms with Gasteiger partial charge in [-0.05, 0) is 25.0 Å². The number of amides is 1. The summed E-state index contributed by atoms with van der Waals surface area (Å²) in [6.45, 7) is 5.04. The normalized spacial score (nSPS) is 10.6. The molecule has 4 nitrogen and oxygen atoms in total. The lowest BCUT2D eigenvalue weighted by molar-refractivity contribution is -0.141. The molecule has 114 valence electrons. The van der Waals surface area contributed by atoms with Gasteiger partial charge in [0, 0.05) is 19.2 Å². The number of aryl methyl sites for hydroxylation is 1. The van der Waals surface area contributed by atoms with Crippen molar-refractivity contribution < 1.29 is 14.3 Å². The van der Waals surface area contributed by atoms with E-state index in [1.807, 2.05) is 38.1 Å². The maximum absolute atomic E-state index is 12.2. The molecule has 0 aliphatic rings. The minimum atomic E-state index is -0.300. The molecule has 0 aliphatic carbocycles. The van der Waals surface area contributed by atoms with Gasteiger partial charge in [-0.1, -0.05) is 36.8 Å². The number of esters is 1. The van der Waals surface area contributed by atoms with E-state index >= 15 is 0 Å². The van der Waals surface area contributed by atoms with E-state index in [4.69, 9.17) is 0 Å². The van der Waals surface area contributed by atoms with Crippen LogP contribution in [0.4, 0.5) is 0 Å². The summed E-state index contributed by atoms with van der Waals surface area (Å²) in [6.07, 6.45) is 4.42. The molecular formula is C17H23NO3. The number of rotatable bonds is 7. The Kier molecular flexibility index (Phi) is 7.23. The van der Waals surface area contributed by atoms with Crippen molar-refractivity contribution in [2.45, 2.75) is 26.7 Å². The second-order valence-electron chi connectivity index (χ2n) is 4.90. The SMILES string of the molecule is CCCN(CCC(=O)OC)C(=O)/C=C/c1ccc(C)cc1. The molecule has 1 aromatic rings. The van der Waals surface area contributed by atoms with Crippen LogP contribution in [-0.4, -0.2) is 37.0 Å². The van der Waals surface area contributed by atoms with Crippen molar-refractivity contribution >= 4 is 18.0 Å². The van der Waals surface area contributed by atoms with Gasteiger partial charge in [-0.3, -0.25) is 9.59 Å². The van der Waals surface area contributed by atoms with Crippen LogP contribution in [0.3, 0.4) is 0 Å². The van der Waals surface area contributed by atoms with Crippen molar-refractivity contribution in [2.75, 3.05) is 20.2 Å². The van der Waals surface area contributed by atoms with Gasteiger partial charge in [-0.25, -0.2) is 0 Å². The van der Waals surface area contributed by atoms with Crippen LogP contribution in [-0.2, 0) is 14.3 Å². The molecule has 4 heteroatoms. The minimum Gasteiger partial charge on any atom is -0.469 e. The van der Waals surface area contributed by atoms with Crippen LogP contribution in [0.2, 0.25) is 0 Å². The average Bonchev–Trinajstić information content (AvgIpc) is 2.50. The van der Waals surface area contributed by atoms with E-state index in [1.165, 1.54) is 12.7 Å². The molecule has 0 aromatic heterocycles. The van der Waals surface area contributed by atoms with Gasteiger partial charge in [0.25, 0.3) is 0 Å². The number of hydrogen-bond donors (Lipinski definition) is 0. The average molecular weight is 289 g/mol. The topological polar surface area (TPSA) is 46.6 Å². The molecule has 0 fully saturated rings. The lowest BCUT2D eigenvalue weighted by Gasteiger charge is -2.19. The number of carbonyl (C=O) groups is 2. The van der Waals surface area contributed by atoms with Gasteiger partial charge < -0.3 is 9.64 Å². The lowest BCUT2D eigenvalue weighted by Crippen LogP contribution is -2.32. The molecule has 0 radical (unpaired) electrons. The summed E-state index contributed by atoms with van der Waals surface area (Å²) in [6, 6.07) is 7.95. The molecule has 0 unspecified atom stereocenters. The van der Waals surface area contributed by atoms with E-state index in [1.54, 1.807) is 17.1 Å². The van der Waals surface area contributed by atoms with Crippen LogP contribution >= 0.6 is 0 Å². The molecule has 1 amide bonds. The fourth-order valence-electron chi connectivity index (χ4n) is 1.88. The number of carbonyl (C=O) groups excluding carboxylic acids is 2. The summed E-state index contributed by atoms with van der Waals surface area (Å²) >= 11 is 0. The summed E-state index contributed by atoms with van der Waals surface area (Å²) in [7, 11) is 1.35. The Hall–Kier alpha value is -2.10. The van der Waals surface area contributed by atoms with Crippen molar-refractivity contribution in [3.05, 3.63) is 41.5 Å². The summed E-state index contributed by atoms with van der Waals surface area (Å²) in [5.74, 6) is -0.382. The molecule has 0 bridgehead atoms. The fourth-order valence-corrected chi connectivity index (χ4v) is 1.88. The maximum atomic E-state index is 12.2. The third-order valence-electron chi connectivity index (χ3n) is 3.11. The standard InChI is InChI=1S/C17H23NO3/c1-4-12-18(13-11-17(20)21-3)16(19)10-9-15-7-5-14(2)6-8-15/h5-10H,4,11-13H2,1-3H3/b10-9+. The lowest BCUT2D eigenvalue weighted by atomic mass is 10.1. The van der Waals surface area contributed by atoms with Crippen molar-refractivity contribution in [1.29, 1.82) is 0 Å².